The SMILES string of the molecule is CNc1cc(C)co1. The lowest BCUT2D eigenvalue weighted by Gasteiger charge is -1.85. The van der Waals surface area contributed by atoms with Gasteiger partial charge in [0.15, 0.2) is 5.88 Å². The van der Waals surface area contributed by atoms with Crippen molar-refractivity contribution in [3.05, 3.63) is 17.9 Å². The van der Waals surface area contributed by atoms with Crippen molar-refractivity contribution in [2.75, 3.05) is 12.4 Å². The van der Waals surface area contributed by atoms with Crippen LogP contribution in [0.2, 0.25) is 0 Å². The zero-order valence-electron chi connectivity index (χ0n) is 5.06. The second kappa shape index (κ2) is 1.90. The van der Waals surface area contributed by atoms with Crippen molar-refractivity contribution in [3.63, 3.8) is 0 Å². The number of hydrogen-bond acceptors (Lipinski definition) is 2. The molecular formula is C6H9NO. The van der Waals surface area contributed by atoms with Gasteiger partial charge in [-0.2, -0.15) is 0 Å². The normalized spacial score (nSPS) is 9.25. The summed E-state index contributed by atoms with van der Waals surface area (Å²) < 4.78 is 5.00. The molecule has 0 amide bonds. The van der Waals surface area contributed by atoms with Crippen LogP contribution in [0.4, 0.5) is 5.88 Å². The molecule has 8 heavy (non-hydrogen) atoms. The van der Waals surface area contributed by atoms with Crippen molar-refractivity contribution >= 4 is 5.88 Å². The van der Waals surface area contributed by atoms with E-state index < -0.39 is 0 Å². The Kier molecular flexibility index (Phi) is 1.24. The molecular weight excluding hydrogens is 102 g/mol. The van der Waals surface area contributed by atoms with E-state index in [-0.39, 0.29) is 0 Å². The van der Waals surface area contributed by atoms with Gasteiger partial charge in [-0.05, 0) is 12.5 Å². The molecule has 1 aromatic rings. The third-order valence-electron chi connectivity index (χ3n) is 0.977. The number of rotatable bonds is 1. The van der Waals surface area contributed by atoms with E-state index in [0.29, 0.717) is 0 Å². The molecule has 0 aliphatic heterocycles. The molecule has 1 rings (SSSR count). The Balaban J connectivity index is 2.84. The maximum absolute atomic E-state index is 5.00. The number of furan rings is 1. The van der Waals surface area contributed by atoms with Gasteiger partial charge in [0, 0.05) is 13.1 Å². The summed E-state index contributed by atoms with van der Waals surface area (Å²) in [5, 5.41) is 2.88. The first-order valence-electron chi connectivity index (χ1n) is 2.56. The van der Waals surface area contributed by atoms with Gasteiger partial charge in [0.05, 0.1) is 6.26 Å². The van der Waals surface area contributed by atoms with Crippen LogP contribution in [0, 0.1) is 6.92 Å². The minimum Gasteiger partial charge on any atom is -0.449 e. The Hall–Kier alpha value is -0.920. The molecule has 0 atom stereocenters. The Morgan fingerprint density at radius 3 is 2.62 bits per heavy atom. The smallest absolute Gasteiger partial charge is 0.192 e. The first kappa shape index (κ1) is 5.22. The molecule has 0 saturated carbocycles. The minimum absolute atomic E-state index is 0.822. The molecule has 1 heterocycles. The summed E-state index contributed by atoms with van der Waals surface area (Å²) in [5.74, 6) is 0.822. The lowest BCUT2D eigenvalue weighted by molar-refractivity contribution is 0.581. The molecule has 0 fully saturated rings. The van der Waals surface area contributed by atoms with Gasteiger partial charge in [-0.3, -0.25) is 0 Å². The van der Waals surface area contributed by atoms with Crippen LogP contribution in [0.5, 0.6) is 0 Å². The summed E-state index contributed by atoms with van der Waals surface area (Å²) >= 11 is 0. The van der Waals surface area contributed by atoms with Gasteiger partial charge in [-0.1, -0.05) is 0 Å². The van der Waals surface area contributed by atoms with Gasteiger partial charge < -0.3 is 9.73 Å². The van der Waals surface area contributed by atoms with Crippen molar-refractivity contribution in [2.45, 2.75) is 6.92 Å². The fourth-order valence-electron chi connectivity index (χ4n) is 0.562. The Morgan fingerprint density at radius 2 is 2.38 bits per heavy atom. The summed E-state index contributed by atoms with van der Waals surface area (Å²) in [4.78, 5) is 0. The second-order valence-corrected chi connectivity index (χ2v) is 1.74. The first-order chi connectivity index (χ1) is 3.83. The summed E-state index contributed by atoms with van der Waals surface area (Å²) in [6, 6.07) is 1.94. The van der Waals surface area contributed by atoms with E-state index in [0.717, 1.165) is 11.4 Å². The van der Waals surface area contributed by atoms with Crippen LogP contribution < -0.4 is 5.32 Å². The Bertz CT molecular complexity index is 169. The molecule has 0 bridgehead atoms. The molecule has 44 valence electrons. The zero-order chi connectivity index (χ0) is 5.98. The van der Waals surface area contributed by atoms with Crippen LogP contribution in [0.3, 0.4) is 0 Å². The first-order valence-corrected chi connectivity index (χ1v) is 2.56. The standard InChI is InChI=1S/C6H9NO/c1-5-3-6(7-2)8-4-5/h3-4,7H,1-2H3. The highest BCUT2D eigenvalue weighted by molar-refractivity contribution is 5.32. The lowest BCUT2D eigenvalue weighted by Crippen LogP contribution is -1.81. The minimum atomic E-state index is 0.822. The average Bonchev–Trinajstić information content (AvgIpc) is 2.14. The summed E-state index contributed by atoms with van der Waals surface area (Å²) in [6.45, 7) is 1.99. The number of nitrogens with one attached hydrogen (secondary N) is 1. The molecule has 0 spiro atoms. The van der Waals surface area contributed by atoms with Crippen molar-refractivity contribution in [1.82, 2.24) is 0 Å². The lowest BCUT2D eigenvalue weighted by atomic mass is 10.4. The van der Waals surface area contributed by atoms with E-state index in [1.165, 1.54) is 0 Å². The van der Waals surface area contributed by atoms with Crippen molar-refractivity contribution in [1.29, 1.82) is 0 Å². The molecule has 0 radical (unpaired) electrons. The van der Waals surface area contributed by atoms with Crippen LogP contribution >= 0.6 is 0 Å². The third-order valence-corrected chi connectivity index (χ3v) is 0.977. The summed E-state index contributed by atoms with van der Waals surface area (Å²) in [6.07, 6.45) is 1.71. The van der Waals surface area contributed by atoms with Crippen molar-refractivity contribution < 1.29 is 4.42 Å². The van der Waals surface area contributed by atoms with Gasteiger partial charge in [-0.15, -0.1) is 0 Å². The molecule has 1 aromatic heterocycles. The van der Waals surface area contributed by atoms with Crippen LogP contribution in [0.1, 0.15) is 5.56 Å². The van der Waals surface area contributed by atoms with Crippen LogP contribution in [-0.2, 0) is 0 Å². The highest BCUT2D eigenvalue weighted by Crippen LogP contribution is 2.09. The van der Waals surface area contributed by atoms with Crippen LogP contribution in [0.15, 0.2) is 16.7 Å². The quantitative estimate of drug-likeness (QED) is 0.595. The van der Waals surface area contributed by atoms with E-state index in [2.05, 4.69) is 5.32 Å². The molecule has 0 aliphatic carbocycles. The Labute approximate surface area is 48.5 Å². The maximum atomic E-state index is 5.00. The fourth-order valence-corrected chi connectivity index (χ4v) is 0.562. The molecule has 0 aromatic carbocycles. The van der Waals surface area contributed by atoms with Crippen molar-refractivity contribution in [3.8, 4) is 0 Å². The predicted octanol–water partition coefficient (Wildman–Crippen LogP) is 1.63. The highest BCUT2D eigenvalue weighted by Gasteiger charge is 1.90. The zero-order valence-corrected chi connectivity index (χ0v) is 5.06. The van der Waals surface area contributed by atoms with Gasteiger partial charge in [0.1, 0.15) is 0 Å². The largest absolute Gasteiger partial charge is 0.449 e. The van der Waals surface area contributed by atoms with E-state index in [1.54, 1.807) is 6.26 Å². The number of aryl methyl sites for hydroxylation is 1. The van der Waals surface area contributed by atoms with Crippen LogP contribution in [-0.4, -0.2) is 7.05 Å². The highest BCUT2D eigenvalue weighted by atomic mass is 16.3. The third kappa shape index (κ3) is 0.832. The number of anilines is 1. The average molecular weight is 111 g/mol. The molecule has 2 nitrogen and oxygen atoms in total. The van der Waals surface area contributed by atoms with Gasteiger partial charge in [0.25, 0.3) is 0 Å². The van der Waals surface area contributed by atoms with Crippen molar-refractivity contribution in [2.24, 2.45) is 0 Å². The molecule has 0 saturated heterocycles. The topological polar surface area (TPSA) is 25.2 Å². The van der Waals surface area contributed by atoms with E-state index in [9.17, 15) is 0 Å². The molecule has 2 heteroatoms. The van der Waals surface area contributed by atoms with Crippen LogP contribution in [0.25, 0.3) is 0 Å². The van der Waals surface area contributed by atoms with Gasteiger partial charge in [-0.25, -0.2) is 0 Å². The van der Waals surface area contributed by atoms with E-state index >= 15 is 0 Å². The second-order valence-electron chi connectivity index (χ2n) is 1.74. The fraction of sp³-hybridized carbons (Fsp3) is 0.333. The maximum Gasteiger partial charge on any atom is 0.192 e. The monoisotopic (exact) mass is 111 g/mol. The number of hydrogen-bond donors (Lipinski definition) is 1. The summed E-state index contributed by atoms with van der Waals surface area (Å²) in [5.41, 5.74) is 1.15. The van der Waals surface area contributed by atoms with Gasteiger partial charge >= 0.3 is 0 Å². The predicted molar refractivity (Wildman–Crippen MR) is 33.0 cm³/mol. The molecule has 0 aliphatic rings. The molecule has 0 unspecified atom stereocenters. The van der Waals surface area contributed by atoms with E-state index in [1.807, 2.05) is 20.0 Å². The Morgan fingerprint density at radius 1 is 1.62 bits per heavy atom. The van der Waals surface area contributed by atoms with E-state index in [4.69, 9.17) is 4.42 Å². The van der Waals surface area contributed by atoms with Gasteiger partial charge in [0.2, 0.25) is 0 Å². The summed E-state index contributed by atoms with van der Waals surface area (Å²) in [7, 11) is 1.83. The molecule has 1 N–H and O–H groups in total.